The highest BCUT2D eigenvalue weighted by molar-refractivity contribution is 5.79. The van der Waals surface area contributed by atoms with Crippen molar-refractivity contribution in [1.29, 1.82) is 0 Å². The molecule has 0 N–H and O–H groups in total. The molecule has 0 amide bonds. The van der Waals surface area contributed by atoms with Gasteiger partial charge in [0.1, 0.15) is 5.78 Å². The van der Waals surface area contributed by atoms with E-state index in [4.69, 9.17) is 4.74 Å². The lowest BCUT2D eigenvalue weighted by Gasteiger charge is -2.57. The van der Waals surface area contributed by atoms with E-state index in [2.05, 4.69) is 13.8 Å². The normalized spacial score (nSPS) is 46.6. The van der Waals surface area contributed by atoms with E-state index in [-0.39, 0.29) is 0 Å². The molecule has 8 atom stereocenters. The zero-order valence-corrected chi connectivity index (χ0v) is 18.2. The van der Waals surface area contributed by atoms with E-state index in [1.165, 1.54) is 64.2 Å². The summed E-state index contributed by atoms with van der Waals surface area (Å²) in [5.74, 6) is 7.03. The molecule has 0 aliphatic heterocycles. The average Bonchev–Trinajstić information content (AvgIpc) is 3.00. The van der Waals surface area contributed by atoms with Crippen LogP contribution in [0, 0.1) is 52.8 Å². The number of rotatable bonds is 5. The number of ether oxygens (including phenoxy) is 1. The number of carbonyl (C=O) groups is 1. The van der Waals surface area contributed by atoms with Crippen molar-refractivity contribution in [2.45, 2.75) is 85.0 Å². The Morgan fingerprint density at radius 3 is 2.48 bits per heavy atom. The van der Waals surface area contributed by atoms with Crippen LogP contribution in [0.5, 0.6) is 0 Å². The Morgan fingerprint density at radius 1 is 1.00 bits per heavy atom. The van der Waals surface area contributed by atoms with Gasteiger partial charge in [0.25, 0.3) is 0 Å². The zero-order valence-electron chi connectivity index (χ0n) is 18.2. The maximum atomic E-state index is 12.6. The molecule has 0 bridgehead atoms. The van der Waals surface area contributed by atoms with Gasteiger partial charge in [0.05, 0.1) is 0 Å². The van der Waals surface area contributed by atoms with Crippen molar-refractivity contribution in [3.8, 4) is 0 Å². The van der Waals surface area contributed by atoms with Crippen LogP contribution in [-0.4, -0.2) is 19.5 Å². The van der Waals surface area contributed by atoms with Crippen LogP contribution in [0.3, 0.4) is 0 Å². The van der Waals surface area contributed by atoms with Gasteiger partial charge in [-0.3, -0.25) is 4.79 Å². The van der Waals surface area contributed by atoms with Crippen molar-refractivity contribution in [1.82, 2.24) is 0 Å². The first-order valence-electron chi connectivity index (χ1n) is 12.0. The summed E-state index contributed by atoms with van der Waals surface area (Å²) in [4.78, 5) is 12.6. The van der Waals surface area contributed by atoms with Gasteiger partial charge in [-0.15, -0.1) is 0 Å². The highest BCUT2D eigenvalue weighted by Gasteiger charge is 2.59. The highest BCUT2D eigenvalue weighted by atomic mass is 16.5. The molecule has 0 aromatic carbocycles. The lowest BCUT2D eigenvalue weighted by Crippen LogP contribution is -2.50. The quantitative estimate of drug-likeness (QED) is 0.578. The van der Waals surface area contributed by atoms with E-state index in [9.17, 15) is 4.79 Å². The van der Waals surface area contributed by atoms with E-state index in [1.807, 2.05) is 14.0 Å². The summed E-state index contributed by atoms with van der Waals surface area (Å²) in [5.41, 5.74) is 0.348. The Balaban J connectivity index is 1.54. The molecule has 2 nitrogen and oxygen atoms in total. The minimum Gasteiger partial charge on any atom is -0.384 e. The monoisotopic (exact) mass is 374 g/mol. The summed E-state index contributed by atoms with van der Waals surface area (Å²) in [7, 11) is 1.87. The largest absolute Gasteiger partial charge is 0.384 e. The first-order valence-corrected chi connectivity index (χ1v) is 12.0. The number of hydrogen-bond donors (Lipinski definition) is 0. The van der Waals surface area contributed by atoms with Gasteiger partial charge in [-0.05, 0) is 118 Å². The van der Waals surface area contributed by atoms with E-state index in [0.717, 1.165) is 42.1 Å². The predicted molar refractivity (Wildman–Crippen MR) is 110 cm³/mol. The molecule has 4 saturated carbocycles. The number of fused-ring (bicyclic) bond motifs is 5. The van der Waals surface area contributed by atoms with Crippen molar-refractivity contribution >= 4 is 5.78 Å². The fourth-order valence-corrected chi connectivity index (χ4v) is 8.91. The second kappa shape index (κ2) is 7.81. The molecule has 154 valence electrons. The Kier molecular flexibility index (Phi) is 5.76. The lowest BCUT2D eigenvalue weighted by atomic mass is 9.47. The molecular weight excluding hydrogens is 332 g/mol. The van der Waals surface area contributed by atoms with Gasteiger partial charge in [-0.2, -0.15) is 0 Å². The van der Waals surface area contributed by atoms with Crippen LogP contribution in [0.4, 0.5) is 0 Å². The number of methoxy groups -OCH3 is 1. The Labute approximate surface area is 167 Å². The predicted octanol–water partition coefficient (Wildman–Crippen LogP) is 6.13. The van der Waals surface area contributed by atoms with Crippen LogP contribution >= 0.6 is 0 Å². The lowest BCUT2D eigenvalue weighted by molar-refractivity contribution is -0.131. The summed E-state index contributed by atoms with van der Waals surface area (Å²) in [6.45, 7) is 7.61. The zero-order chi connectivity index (χ0) is 19.2. The number of carbonyl (C=O) groups excluding carboxylic acids is 1. The molecule has 4 fully saturated rings. The van der Waals surface area contributed by atoms with Crippen LogP contribution in [0.15, 0.2) is 0 Å². The van der Waals surface area contributed by atoms with E-state index in [0.29, 0.717) is 23.0 Å². The Hall–Kier alpha value is -0.370. The first-order chi connectivity index (χ1) is 13.0. The molecule has 0 saturated heterocycles. The van der Waals surface area contributed by atoms with Crippen molar-refractivity contribution in [2.24, 2.45) is 52.8 Å². The first kappa shape index (κ1) is 19.9. The summed E-state index contributed by atoms with van der Waals surface area (Å²) < 4.78 is 5.48. The minimum absolute atomic E-state index is 0.348. The molecule has 0 radical (unpaired) electrons. The van der Waals surface area contributed by atoms with Crippen LogP contribution in [0.25, 0.3) is 0 Å². The molecule has 0 heterocycles. The molecule has 4 rings (SSSR count). The van der Waals surface area contributed by atoms with E-state index < -0.39 is 0 Å². The maximum Gasteiger partial charge on any atom is 0.133 e. The maximum absolute atomic E-state index is 12.6. The van der Waals surface area contributed by atoms with Crippen molar-refractivity contribution in [3.05, 3.63) is 0 Å². The van der Waals surface area contributed by atoms with Crippen molar-refractivity contribution in [2.75, 3.05) is 13.7 Å². The van der Waals surface area contributed by atoms with Gasteiger partial charge in [0, 0.05) is 19.6 Å². The molecule has 4 aliphatic rings. The van der Waals surface area contributed by atoms with Gasteiger partial charge in [0.2, 0.25) is 0 Å². The fraction of sp³-hybridized carbons (Fsp3) is 0.960. The van der Waals surface area contributed by atoms with Gasteiger partial charge in [0.15, 0.2) is 0 Å². The molecular formula is C25H42O2. The molecule has 8 unspecified atom stereocenters. The standard InChI is InChI=1S/C25H42O2/c1-16(2)14-25-12-11-21-20-7-5-18(15-27-4)13-19(20)6-8-22(21)24(25)10-9-23(25)17(3)26/h16,18-24H,5-15H2,1-4H3. The fourth-order valence-electron chi connectivity index (χ4n) is 8.91. The van der Waals surface area contributed by atoms with E-state index >= 15 is 0 Å². The molecule has 2 heteroatoms. The third-order valence-electron chi connectivity index (χ3n) is 9.46. The second-order valence-electron chi connectivity index (χ2n) is 11.2. The average molecular weight is 375 g/mol. The van der Waals surface area contributed by atoms with Crippen LogP contribution < -0.4 is 0 Å². The van der Waals surface area contributed by atoms with Crippen LogP contribution in [0.1, 0.15) is 85.0 Å². The summed E-state index contributed by atoms with van der Waals surface area (Å²) >= 11 is 0. The van der Waals surface area contributed by atoms with Crippen LogP contribution in [0.2, 0.25) is 0 Å². The Morgan fingerprint density at radius 2 is 1.78 bits per heavy atom. The van der Waals surface area contributed by atoms with Crippen molar-refractivity contribution in [3.63, 3.8) is 0 Å². The topological polar surface area (TPSA) is 26.3 Å². The van der Waals surface area contributed by atoms with Crippen molar-refractivity contribution < 1.29 is 9.53 Å². The highest BCUT2D eigenvalue weighted by Crippen LogP contribution is 2.66. The van der Waals surface area contributed by atoms with E-state index in [1.54, 1.807) is 0 Å². The number of ketones is 1. The van der Waals surface area contributed by atoms with Gasteiger partial charge < -0.3 is 4.74 Å². The smallest absolute Gasteiger partial charge is 0.133 e. The van der Waals surface area contributed by atoms with Gasteiger partial charge >= 0.3 is 0 Å². The molecule has 0 aromatic heterocycles. The third-order valence-corrected chi connectivity index (χ3v) is 9.46. The van der Waals surface area contributed by atoms with Crippen LogP contribution in [-0.2, 0) is 9.53 Å². The summed E-state index contributed by atoms with van der Waals surface area (Å²) in [5, 5.41) is 0. The molecule has 0 aromatic rings. The second-order valence-corrected chi connectivity index (χ2v) is 11.2. The third kappa shape index (κ3) is 3.43. The molecule has 27 heavy (non-hydrogen) atoms. The summed E-state index contributed by atoms with van der Waals surface area (Å²) in [6.07, 6.45) is 13.7. The minimum atomic E-state index is 0.348. The van der Waals surface area contributed by atoms with Gasteiger partial charge in [-0.25, -0.2) is 0 Å². The molecule has 4 aliphatic carbocycles. The summed E-state index contributed by atoms with van der Waals surface area (Å²) in [6, 6.07) is 0. The molecule has 0 spiro atoms. The number of Topliss-reactive ketones (excluding diaryl/α,β-unsaturated/α-hetero) is 1. The Bertz CT molecular complexity index is 540. The van der Waals surface area contributed by atoms with Gasteiger partial charge in [-0.1, -0.05) is 13.8 Å². The number of hydrogen-bond acceptors (Lipinski definition) is 2. The SMILES string of the molecule is COCC1CCC2C(CCC3C2CCC2(CC(C)C)C(C(C)=O)CCC32)C1.